The first-order valence-electron chi connectivity index (χ1n) is 13.4. The van der Waals surface area contributed by atoms with Gasteiger partial charge >= 0.3 is 0 Å². The molecule has 1 saturated carbocycles. The van der Waals surface area contributed by atoms with Gasteiger partial charge in [0.25, 0.3) is 0 Å². The van der Waals surface area contributed by atoms with Crippen LogP contribution in [0.15, 0.2) is 53.6 Å². The smallest absolute Gasteiger partial charge is 0.221 e. The van der Waals surface area contributed by atoms with E-state index in [4.69, 9.17) is 22.0 Å². The molecule has 2 aliphatic rings. The second kappa shape index (κ2) is 14.7. The molecule has 3 rings (SSSR count). The summed E-state index contributed by atoms with van der Waals surface area (Å²) in [5.74, 6) is 0.865. The van der Waals surface area contributed by atoms with Crippen LogP contribution in [0.25, 0.3) is 5.57 Å². The second-order valence-corrected chi connectivity index (χ2v) is 10.0. The minimum atomic E-state index is -0.394. The maximum atomic E-state index is 14.9. The van der Waals surface area contributed by atoms with Crippen molar-refractivity contribution >= 4 is 41.5 Å². The molecule has 1 atom stereocenters. The van der Waals surface area contributed by atoms with Crippen molar-refractivity contribution in [3.05, 3.63) is 64.9 Å². The summed E-state index contributed by atoms with van der Waals surface area (Å²) >= 11 is 6.78. The monoisotopic (exact) mass is 555 g/mol. The first-order valence-corrected chi connectivity index (χ1v) is 13.8. The number of allylic oxidation sites excluding steroid dienone is 5. The Balaban J connectivity index is 2.24. The lowest BCUT2D eigenvalue weighted by atomic mass is 9.93. The first kappa shape index (κ1) is 30.2. The third kappa shape index (κ3) is 7.22. The number of amidine groups is 1. The number of anilines is 1. The van der Waals surface area contributed by atoms with Gasteiger partial charge in [-0.3, -0.25) is 14.7 Å². The van der Waals surface area contributed by atoms with E-state index >= 15 is 0 Å². The number of likely N-dealkylation sites (N-methyl/N-ethyl adjacent to an activating group) is 1. The minimum absolute atomic E-state index is 0.0377. The van der Waals surface area contributed by atoms with Gasteiger partial charge < -0.3 is 20.9 Å². The summed E-state index contributed by atoms with van der Waals surface area (Å²) in [6.45, 7) is 7.27. The van der Waals surface area contributed by atoms with Gasteiger partial charge in [0.1, 0.15) is 17.5 Å². The SMILES string of the molecule is C=CCCN(/C(=N/C)c1cc(Cl)c(C2=CCCC=C2F)nc1N(C=O)/C(=C/C=N)NC1CCC1)C(C)CNC. The molecule has 0 aromatic carbocycles. The Kier molecular flexibility index (Phi) is 11.4. The number of hydrogen-bond acceptors (Lipinski definition) is 6. The normalized spacial score (nSPS) is 16.9. The lowest BCUT2D eigenvalue weighted by molar-refractivity contribution is -0.107. The van der Waals surface area contributed by atoms with E-state index in [0.29, 0.717) is 61.6 Å². The van der Waals surface area contributed by atoms with Gasteiger partial charge in [0.2, 0.25) is 6.41 Å². The van der Waals surface area contributed by atoms with E-state index in [9.17, 15) is 9.18 Å². The summed E-state index contributed by atoms with van der Waals surface area (Å²) in [6, 6.07) is 1.93. The molecular formula is C29H39ClFN7O. The maximum absolute atomic E-state index is 14.9. The van der Waals surface area contributed by atoms with Gasteiger partial charge in [-0.15, -0.1) is 6.58 Å². The summed E-state index contributed by atoms with van der Waals surface area (Å²) in [5, 5.41) is 14.6. The number of pyridine rings is 1. The zero-order chi connectivity index (χ0) is 28.4. The molecule has 1 fully saturated rings. The maximum Gasteiger partial charge on any atom is 0.221 e. The summed E-state index contributed by atoms with van der Waals surface area (Å²) in [6.07, 6.45) is 13.5. The highest BCUT2D eigenvalue weighted by Gasteiger charge is 2.29. The van der Waals surface area contributed by atoms with Crippen molar-refractivity contribution in [1.29, 1.82) is 5.41 Å². The molecule has 3 N–H and O–H groups in total. The molecule has 39 heavy (non-hydrogen) atoms. The molecule has 10 heteroatoms. The molecular weight excluding hydrogens is 517 g/mol. The summed E-state index contributed by atoms with van der Waals surface area (Å²) < 4.78 is 14.9. The van der Waals surface area contributed by atoms with Crippen LogP contribution in [0.3, 0.4) is 0 Å². The average Bonchev–Trinajstić information content (AvgIpc) is 2.90. The zero-order valence-electron chi connectivity index (χ0n) is 23.0. The van der Waals surface area contributed by atoms with Crippen LogP contribution < -0.4 is 15.5 Å². The van der Waals surface area contributed by atoms with Gasteiger partial charge in [-0.25, -0.2) is 9.37 Å². The molecule has 0 radical (unpaired) electrons. The number of hydrogen-bond donors (Lipinski definition) is 3. The van der Waals surface area contributed by atoms with E-state index < -0.39 is 5.83 Å². The molecule has 1 amide bonds. The topological polar surface area (TPSA) is 96.7 Å². The second-order valence-electron chi connectivity index (χ2n) is 9.63. The Morgan fingerprint density at radius 1 is 1.38 bits per heavy atom. The zero-order valence-corrected chi connectivity index (χ0v) is 23.8. The Bertz CT molecular complexity index is 1170. The van der Waals surface area contributed by atoms with Crippen molar-refractivity contribution in [3.8, 4) is 0 Å². The lowest BCUT2D eigenvalue weighted by Gasteiger charge is -2.35. The third-order valence-corrected chi connectivity index (χ3v) is 7.22. The summed E-state index contributed by atoms with van der Waals surface area (Å²) in [5.41, 5.74) is 1.08. The molecule has 0 aliphatic heterocycles. The highest BCUT2D eigenvalue weighted by molar-refractivity contribution is 6.33. The molecule has 8 nitrogen and oxygen atoms in total. The number of amides is 1. The van der Waals surface area contributed by atoms with Crippen molar-refractivity contribution in [3.63, 3.8) is 0 Å². The molecule has 0 bridgehead atoms. The molecule has 1 unspecified atom stereocenters. The van der Waals surface area contributed by atoms with Crippen molar-refractivity contribution in [2.45, 2.75) is 57.5 Å². The lowest BCUT2D eigenvalue weighted by Crippen LogP contribution is -2.45. The van der Waals surface area contributed by atoms with Gasteiger partial charge in [0.15, 0.2) is 5.82 Å². The highest BCUT2D eigenvalue weighted by Crippen LogP contribution is 2.36. The van der Waals surface area contributed by atoms with Crippen LogP contribution in [0.5, 0.6) is 0 Å². The molecule has 1 aromatic rings. The van der Waals surface area contributed by atoms with E-state index in [1.54, 1.807) is 19.2 Å². The number of aromatic nitrogens is 1. The van der Waals surface area contributed by atoms with E-state index in [0.717, 1.165) is 25.5 Å². The molecule has 210 valence electrons. The fraction of sp³-hybridized carbons (Fsp3) is 0.448. The number of rotatable bonds is 14. The van der Waals surface area contributed by atoms with E-state index in [1.807, 2.05) is 13.1 Å². The highest BCUT2D eigenvalue weighted by atomic mass is 35.5. The van der Waals surface area contributed by atoms with Crippen LogP contribution >= 0.6 is 11.6 Å². The number of aliphatic imine (C=N–C) groups is 1. The minimum Gasteiger partial charge on any atom is -0.368 e. The molecule has 1 aromatic heterocycles. The van der Waals surface area contributed by atoms with E-state index in [1.165, 1.54) is 17.1 Å². The third-order valence-electron chi connectivity index (χ3n) is 6.93. The number of halogens is 2. The fourth-order valence-electron chi connectivity index (χ4n) is 4.71. The fourth-order valence-corrected chi connectivity index (χ4v) is 4.96. The van der Waals surface area contributed by atoms with Crippen LogP contribution in [0.4, 0.5) is 10.2 Å². The van der Waals surface area contributed by atoms with Crippen LogP contribution in [-0.4, -0.2) is 67.6 Å². The Morgan fingerprint density at radius 3 is 2.69 bits per heavy atom. The summed E-state index contributed by atoms with van der Waals surface area (Å²) in [4.78, 5) is 25.7. The van der Waals surface area contributed by atoms with E-state index in [2.05, 4.69) is 34.0 Å². The Morgan fingerprint density at radius 2 is 2.13 bits per heavy atom. The van der Waals surface area contributed by atoms with Gasteiger partial charge in [0, 0.05) is 44.0 Å². The van der Waals surface area contributed by atoms with Gasteiger partial charge in [-0.2, -0.15) is 0 Å². The largest absolute Gasteiger partial charge is 0.368 e. The quantitative estimate of drug-likeness (QED) is 0.126. The number of carbonyl (C=O) groups excluding carboxylic acids is 1. The van der Waals surface area contributed by atoms with Crippen LogP contribution in [-0.2, 0) is 4.79 Å². The molecule has 1 heterocycles. The van der Waals surface area contributed by atoms with Crippen molar-refractivity contribution < 1.29 is 9.18 Å². The van der Waals surface area contributed by atoms with E-state index in [-0.39, 0.29) is 28.6 Å². The Labute approximate surface area is 235 Å². The summed E-state index contributed by atoms with van der Waals surface area (Å²) in [7, 11) is 3.57. The predicted octanol–water partition coefficient (Wildman–Crippen LogP) is 5.22. The number of nitrogens with zero attached hydrogens (tertiary/aromatic N) is 4. The van der Waals surface area contributed by atoms with Crippen LogP contribution in [0, 0.1) is 5.41 Å². The standard InChI is InChI=1S/C29H39ClFN7O/c1-5-6-16-37(20(2)18-33-3)28(34-4)23-17-24(30)27(22-12-7-8-13-25(22)31)36-29(23)38(19-39)26(14-15-32)35-21-10-9-11-21/h5,12-15,17,19-21,32-33,35H,1,6-11,16,18H2,2-4H3/b26-14+,32-15?,34-28+. The van der Waals surface area contributed by atoms with Gasteiger partial charge in [-0.1, -0.05) is 23.8 Å². The average molecular weight is 556 g/mol. The van der Waals surface area contributed by atoms with Gasteiger partial charge in [0.05, 0.1) is 16.3 Å². The predicted molar refractivity (Wildman–Crippen MR) is 159 cm³/mol. The van der Waals surface area contributed by atoms with Crippen LogP contribution in [0.1, 0.15) is 56.7 Å². The Hall–Kier alpha value is -3.30. The number of carbonyl (C=O) groups is 1. The molecule has 2 aliphatic carbocycles. The number of nitrogens with one attached hydrogen (secondary N) is 3. The van der Waals surface area contributed by atoms with Crippen molar-refractivity contribution in [1.82, 2.24) is 20.5 Å². The molecule has 0 spiro atoms. The van der Waals surface area contributed by atoms with Crippen molar-refractivity contribution in [2.75, 3.05) is 32.1 Å². The van der Waals surface area contributed by atoms with Crippen LogP contribution in [0.2, 0.25) is 5.02 Å². The van der Waals surface area contributed by atoms with Gasteiger partial charge in [-0.05, 0) is 70.7 Å². The molecule has 0 saturated heterocycles. The first-order chi connectivity index (χ1) is 18.9. The van der Waals surface area contributed by atoms with Crippen molar-refractivity contribution in [2.24, 2.45) is 4.99 Å².